The molecule has 0 bridgehead atoms. The molecule has 0 N–H and O–H groups in total. The molecule has 0 saturated carbocycles. The Morgan fingerprint density at radius 1 is 0.632 bits per heavy atom. The van der Waals surface area contributed by atoms with Crippen molar-refractivity contribution >= 4 is 0 Å². The Balaban J connectivity index is -0.0000000337. The van der Waals surface area contributed by atoms with Gasteiger partial charge >= 0.3 is 0 Å². The molecule has 1 saturated heterocycles. The first-order valence-electron chi connectivity index (χ1n) is 5.95. The molecule has 121 valence electrons. The van der Waals surface area contributed by atoms with E-state index in [0.717, 1.165) is 0 Å². The Kier molecular flexibility index (Phi) is 70.5. The van der Waals surface area contributed by atoms with Gasteiger partial charge in [-0.3, -0.25) is 0 Å². The van der Waals surface area contributed by atoms with E-state index in [1.54, 1.807) is 28.2 Å². The first kappa shape index (κ1) is 36.8. The minimum atomic E-state index is 0. The molecule has 0 atom stereocenters. The summed E-state index contributed by atoms with van der Waals surface area (Å²) in [6, 6.07) is 0. The van der Waals surface area contributed by atoms with Crippen LogP contribution < -0.4 is 0 Å². The van der Waals surface area contributed by atoms with Gasteiger partial charge in [-0.1, -0.05) is 28.7 Å². The summed E-state index contributed by atoms with van der Waals surface area (Å²) in [5.41, 5.74) is 0. The van der Waals surface area contributed by atoms with Crippen molar-refractivity contribution in [3.05, 3.63) is 10.6 Å². The van der Waals surface area contributed by atoms with Gasteiger partial charge in [-0.05, 0) is 14.1 Å². The van der Waals surface area contributed by atoms with Crippen molar-refractivity contribution in [1.82, 2.24) is 9.80 Å². The van der Waals surface area contributed by atoms with Crippen LogP contribution in [-0.4, -0.2) is 78.3 Å². The summed E-state index contributed by atoms with van der Waals surface area (Å²) in [5, 5.41) is 7.00. The Hall–Kier alpha value is 0.944. The molecule has 0 unspecified atom stereocenters. The minimum Gasteiger partial charge on any atom is -0.668 e. The number of piperazine rings is 1. The molecular formula is C14H40N4Y-2. The van der Waals surface area contributed by atoms with Crippen LogP contribution in [0.25, 0.3) is 10.6 Å². The van der Waals surface area contributed by atoms with Gasteiger partial charge in [0, 0.05) is 58.9 Å². The fraction of sp³-hybridized carbons (Fsp3) is 1.00. The van der Waals surface area contributed by atoms with E-state index >= 15 is 0 Å². The quantitative estimate of drug-likeness (QED) is 0.669. The predicted molar refractivity (Wildman–Crippen MR) is 90.2 cm³/mol. The third-order valence-electron chi connectivity index (χ3n) is 1.73. The zero-order chi connectivity index (χ0) is 13.4. The first-order chi connectivity index (χ1) is 7.62. The zero-order valence-electron chi connectivity index (χ0n) is 13.2. The van der Waals surface area contributed by atoms with Crippen LogP contribution in [0.4, 0.5) is 0 Å². The smallest absolute Gasteiger partial charge is 0.0107 e. The van der Waals surface area contributed by atoms with Crippen molar-refractivity contribution in [2.45, 2.75) is 28.7 Å². The van der Waals surface area contributed by atoms with Gasteiger partial charge in [0.15, 0.2) is 0 Å². The maximum atomic E-state index is 3.50. The Bertz CT molecular complexity index is 85.4. The molecule has 0 spiro atoms. The third-order valence-corrected chi connectivity index (χ3v) is 1.73. The summed E-state index contributed by atoms with van der Waals surface area (Å²) in [7, 11) is 11.3. The maximum Gasteiger partial charge on any atom is 0.0107 e. The van der Waals surface area contributed by atoms with E-state index in [1.165, 1.54) is 26.2 Å². The van der Waals surface area contributed by atoms with E-state index in [1.807, 2.05) is 13.8 Å². The van der Waals surface area contributed by atoms with Crippen LogP contribution in [0, 0.1) is 0 Å². The molecular weight excluding hydrogens is 313 g/mol. The molecule has 0 aromatic carbocycles. The van der Waals surface area contributed by atoms with Crippen molar-refractivity contribution in [1.29, 1.82) is 0 Å². The van der Waals surface area contributed by atoms with Gasteiger partial charge in [-0.2, -0.15) is 28.2 Å². The molecule has 0 amide bonds. The van der Waals surface area contributed by atoms with Gasteiger partial charge in [0.25, 0.3) is 0 Å². The first-order valence-corrected chi connectivity index (χ1v) is 5.95. The molecule has 0 aromatic heterocycles. The SMILES string of the molecule is C.C.CC.CN1CCN(C)CC1.C[N-]C.C[N-]C.[Y]. The molecule has 1 radical (unpaired) electrons. The number of rotatable bonds is 0. The second-order valence-electron chi connectivity index (χ2n) is 3.50. The number of hydrogen-bond donors (Lipinski definition) is 0. The topological polar surface area (TPSA) is 34.7 Å². The monoisotopic (exact) mass is 353 g/mol. The summed E-state index contributed by atoms with van der Waals surface area (Å²) in [4.78, 5) is 4.72. The zero-order valence-corrected chi connectivity index (χ0v) is 16.0. The van der Waals surface area contributed by atoms with E-state index in [-0.39, 0.29) is 47.6 Å². The van der Waals surface area contributed by atoms with Crippen molar-refractivity contribution in [3.63, 3.8) is 0 Å². The standard InChI is InChI=1S/C6H14N2.2C2H6N.C2H6.2CH4.Y/c1-7-3-5-8(2)6-4-7;2*1-3-2;1-2;;;/h3-6H2,1-2H3;2*1-2H3;1-2H3;2*1H4;/q;2*-1;;;;. The summed E-state index contributed by atoms with van der Waals surface area (Å²) in [6.45, 7) is 8.93. The Morgan fingerprint density at radius 3 is 0.842 bits per heavy atom. The van der Waals surface area contributed by atoms with Crippen molar-refractivity contribution in [2.24, 2.45) is 0 Å². The summed E-state index contributed by atoms with van der Waals surface area (Å²) < 4.78 is 0. The fourth-order valence-corrected chi connectivity index (χ4v) is 0.906. The Labute approximate surface area is 150 Å². The Morgan fingerprint density at radius 2 is 0.737 bits per heavy atom. The molecule has 0 aliphatic carbocycles. The van der Waals surface area contributed by atoms with Gasteiger partial charge < -0.3 is 20.4 Å². The summed E-state index contributed by atoms with van der Waals surface area (Å²) in [5.74, 6) is 0. The van der Waals surface area contributed by atoms with E-state index in [2.05, 4.69) is 34.5 Å². The van der Waals surface area contributed by atoms with E-state index in [4.69, 9.17) is 0 Å². The summed E-state index contributed by atoms with van der Waals surface area (Å²) in [6.07, 6.45) is 0. The number of likely N-dealkylation sites (N-methyl/N-ethyl adjacent to an activating group) is 2. The molecule has 1 aliphatic heterocycles. The van der Waals surface area contributed by atoms with Crippen LogP contribution in [0.2, 0.25) is 0 Å². The normalized spacial score (nSPS) is 13.3. The van der Waals surface area contributed by atoms with Gasteiger partial charge in [0.05, 0.1) is 0 Å². The van der Waals surface area contributed by atoms with Crippen LogP contribution >= 0.6 is 0 Å². The number of hydrogen-bond acceptors (Lipinski definition) is 2. The molecule has 4 nitrogen and oxygen atoms in total. The minimum absolute atomic E-state index is 0. The average Bonchev–Trinajstić information content (AvgIpc) is 2.28. The van der Waals surface area contributed by atoms with Crippen molar-refractivity contribution < 1.29 is 32.7 Å². The molecule has 0 aromatic rings. The maximum absolute atomic E-state index is 3.50. The molecule has 19 heavy (non-hydrogen) atoms. The van der Waals surface area contributed by atoms with Crippen molar-refractivity contribution in [3.8, 4) is 0 Å². The van der Waals surface area contributed by atoms with E-state index in [9.17, 15) is 0 Å². The number of nitrogens with zero attached hydrogens (tertiary/aromatic N) is 4. The molecule has 1 rings (SSSR count). The average molecular weight is 353 g/mol. The van der Waals surface area contributed by atoms with Gasteiger partial charge in [0.2, 0.25) is 0 Å². The van der Waals surface area contributed by atoms with Crippen LogP contribution in [-0.2, 0) is 32.7 Å². The van der Waals surface area contributed by atoms with E-state index < -0.39 is 0 Å². The second kappa shape index (κ2) is 36.4. The molecule has 1 heterocycles. The molecule has 1 fully saturated rings. The van der Waals surface area contributed by atoms with Gasteiger partial charge in [0.1, 0.15) is 0 Å². The van der Waals surface area contributed by atoms with E-state index in [0.29, 0.717) is 0 Å². The van der Waals surface area contributed by atoms with Crippen LogP contribution in [0.5, 0.6) is 0 Å². The van der Waals surface area contributed by atoms with Gasteiger partial charge in [-0.15, -0.1) is 0 Å². The predicted octanol–water partition coefficient (Wildman–Crippen LogP) is 3.40. The van der Waals surface area contributed by atoms with Crippen molar-refractivity contribution in [2.75, 3.05) is 68.5 Å². The second-order valence-corrected chi connectivity index (χ2v) is 3.50. The fourth-order valence-electron chi connectivity index (χ4n) is 0.906. The van der Waals surface area contributed by atoms with Crippen LogP contribution in [0.1, 0.15) is 28.7 Å². The molecule has 1 aliphatic rings. The molecule has 5 heteroatoms. The van der Waals surface area contributed by atoms with Crippen LogP contribution in [0.3, 0.4) is 0 Å². The van der Waals surface area contributed by atoms with Crippen LogP contribution in [0.15, 0.2) is 0 Å². The summed E-state index contributed by atoms with van der Waals surface area (Å²) >= 11 is 0. The van der Waals surface area contributed by atoms with Gasteiger partial charge in [-0.25, -0.2) is 0 Å². The third kappa shape index (κ3) is 45.4. The largest absolute Gasteiger partial charge is 0.668 e.